The van der Waals surface area contributed by atoms with Crippen molar-refractivity contribution in [1.29, 1.82) is 0 Å². The molecule has 0 spiro atoms. The van der Waals surface area contributed by atoms with Crippen LogP contribution in [0.4, 0.5) is 9.80 Å². The van der Waals surface area contributed by atoms with Gasteiger partial charge in [-0.2, -0.15) is 0 Å². The van der Waals surface area contributed by atoms with Gasteiger partial charge >= 0.3 is 6.03 Å². The molecule has 4 nitrogen and oxygen atoms in total. The second-order valence-electron chi connectivity index (χ2n) is 5.61. The molecule has 0 aliphatic carbocycles. The molecule has 23 heavy (non-hydrogen) atoms. The number of thiophene rings is 1. The number of halogens is 1. The molecule has 2 aromatic rings. The Morgan fingerprint density at radius 3 is 2.74 bits per heavy atom. The van der Waals surface area contributed by atoms with E-state index in [9.17, 15) is 4.79 Å². The summed E-state index contributed by atoms with van der Waals surface area (Å²) in [5.74, 6) is 0. The summed E-state index contributed by atoms with van der Waals surface area (Å²) in [5.41, 5.74) is 2.75. The number of hydrogen-bond donors (Lipinski definition) is 0. The van der Waals surface area contributed by atoms with Crippen molar-refractivity contribution in [2.45, 2.75) is 6.92 Å². The summed E-state index contributed by atoms with van der Waals surface area (Å²) in [7, 11) is 3.53. The molecule has 1 aromatic heterocycles. The normalized spacial score (nSPS) is 14.1. The Labute approximate surface area is 145 Å². The molecule has 6 heteroatoms. The first-order valence-corrected chi connectivity index (χ1v) is 8.57. The minimum Gasteiger partial charge on any atom is -0.330 e. The van der Waals surface area contributed by atoms with Gasteiger partial charge in [0, 0.05) is 41.7 Å². The van der Waals surface area contributed by atoms with Crippen LogP contribution in [0, 0.1) is 6.92 Å². The number of aryl methyl sites for hydroxylation is 1. The maximum absolute atomic E-state index is 12.5. The molecule has 0 atom stereocenters. The highest BCUT2D eigenvalue weighted by molar-refractivity contribution is 7.16. The lowest BCUT2D eigenvalue weighted by Crippen LogP contribution is -2.40. The van der Waals surface area contributed by atoms with Crippen LogP contribution >= 0.6 is 22.9 Å². The molecule has 0 fully saturated rings. The van der Waals surface area contributed by atoms with Crippen LogP contribution in [0.25, 0.3) is 0 Å². The van der Waals surface area contributed by atoms with Gasteiger partial charge in [-0.3, -0.25) is 9.89 Å². The third kappa shape index (κ3) is 2.99. The highest BCUT2D eigenvalue weighted by atomic mass is 35.5. The first-order valence-electron chi connectivity index (χ1n) is 7.38. The fourth-order valence-corrected chi connectivity index (χ4v) is 3.88. The first kappa shape index (κ1) is 16.0. The van der Waals surface area contributed by atoms with Crippen LogP contribution in [0.2, 0.25) is 5.02 Å². The lowest BCUT2D eigenvalue weighted by molar-refractivity contribution is 0.224. The van der Waals surface area contributed by atoms with Gasteiger partial charge in [-0.05, 0) is 19.1 Å². The monoisotopic (exact) mass is 347 g/mol. The fraction of sp³-hybridized carbons (Fsp3) is 0.294. The first-order chi connectivity index (χ1) is 11.0. The molecule has 0 radical (unpaired) electrons. The van der Waals surface area contributed by atoms with Crippen LogP contribution in [0.5, 0.6) is 0 Å². The molecule has 120 valence electrons. The van der Waals surface area contributed by atoms with Crippen molar-refractivity contribution in [3.8, 4) is 0 Å². The van der Waals surface area contributed by atoms with Crippen molar-refractivity contribution in [3.63, 3.8) is 0 Å². The lowest BCUT2D eigenvalue weighted by atomic mass is 10.0. The summed E-state index contributed by atoms with van der Waals surface area (Å²) < 4.78 is 0. The van der Waals surface area contributed by atoms with Crippen molar-refractivity contribution in [2.24, 2.45) is 4.99 Å². The van der Waals surface area contributed by atoms with E-state index < -0.39 is 0 Å². The van der Waals surface area contributed by atoms with Gasteiger partial charge in [0.25, 0.3) is 0 Å². The Bertz CT molecular complexity index is 782. The number of amides is 2. The molecule has 0 N–H and O–H groups in total. The van der Waals surface area contributed by atoms with Gasteiger partial charge in [0.05, 0.1) is 12.3 Å². The predicted octanol–water partition coefficient (Wildman–Crippen LogP) is 4.05. The van der Waals surface area contributed by atoms with E-state index in [0.29, 0.717) is 18.1 Å². The SMILES string of the molecule is Cc1cc2c(s1)N(C(=O)N(C)C)CCN=C2c1ccccc1Cl. The average molecular weight is 348 g/mol. The molecule has 1 aliphatic heterocycles. The zero-order chi connectivity index (χ0) is 16.6. The van der Waals surface area contributed by atoms with Crippen molar-refractivity contribution in [1.82, 2.24) is 4.90 Å². The van der Waals surface area contributed by atoms with Crippen LogP contribution in [0.15, 0.2) is 35.3 Å². The number of rotatable bonds is 1. The molecule has 0 saturated carbocycles. The molecule has 2 heterocycles. The summed E-state index contributed by atoms with van der Waals surface area (Å²) in [5, 5.41) is 1.62. The van der Waals surface area contributed by atoms with Gasteiger partial charge in [-0.1, -0.05) is 29.8 Å². The van der Waals surface area contributed by atoms with Crippen molar-refractivity contribution in [2.75, 3.05) is 32.1 Å². The van der Waals surface area contributed by atoms with Crippen molar-refractivity contribution in [3.05, 3.63) is 51.4 Å². The van der Waals surface area contributed by atoms with Gasteiger partial charge in [0.2, 0.25) is 0 Å². The van der Waals surface area contributed by atoms with E-state index >= 15 is 0 Å². The number of carbonyl (C=O) groups is 1. The molecular weight excluding hydrogens is 330 g/mol. The molecule has 1 aliphatic rings. The van der Waals surface area contributed by atoms with Gasteiger partial charge in [0.15, 0.2) is 0 Å². The Kier molecular flexibility index (Phi) is 4.41. The molecule has 0 unspecified atom stereocenters. The zero-order valence-electron chi connectivity index (χ0n) is 13.3. The largest absolute Gasteiger partial charge is 0.330 e. The number of urea groups is 1. The third-order valence-corrected chi connectivity index (χ3v) is 5.07. The molecule has 0 bridgehead atoms. The summed E-state index contributed by atoms with van der Waals surface area (Å²) >= 11 is 7.98. The maximum Gasteiger partial charge on any atom is 0.324 e. The number of benzene rings is 1. The van der Waals surface area contributed by atoms with E-state index in [1.54, 1.807) is 35.2 Å². The van der Waals surface area contributed by atoms with E-state index in [4.69, 9.17) is 16.6 Å². The number of hydrogen-bond acceptors (Lipinski definition) is 3. The molecule has 1 aromatic carbocycles. The summed E-state index contributed by atoms with van der Waals surface area (Å²) in [6, 6.07) is 9.77. The quantitative estimate of drug-likeness (QED) is 0.766. The second-order valence-corrected chi connectivity index (χ2v) is 7.26. The number of nitrogens with zero attached hydrogens (tertiary/aromatic N) is 3. The van der Waals surface area contributed by atoms with Crippen LogP contribution in [-0.4, -0.2) is 43.8 Å². The Morgan fingerprint density at radius 2 is 2.04 bits per heavy atom. The van der Waals surface area contributed by atoms with Crippen LogP contribution in [0.1, 0.15) is 16.0 Å². The van der Waals surface area contributed by atoms with Crippen LogP contribution in [-0.2, 0) is 0 Å². The minimum atomic E-state index is -0.0243. The molecular formula is C17H18ClN3OS. The molecule has 0 saturated heterocycles. The van der Waals surface area contributed by atoms with Gasteiger partial charge in [-0.25, -0.2) is 4.79 Å². The topological polar surface area (TPSA) is 35.9 Å². The van der Waals surface area contributed by atoms with Crippen molar-refractivity contribution >= 4 is 39.7 Å². The number of carbonyl (C=O) groups excluding carboxylic acids is 1. The smallest absolute Gasteiger partial charge is 0.324 e. The lowest BCUT2D eigenvalue weighted by Gasteiger charge is -2.24. The Balaban J connectivity index is 2.13. The number of aliphatic imine (C=N–C) groups is 1. The molecule has 2 amide bonds. The standard InChI is InChI=1S/C17H18ClN3OS/c1-11-10-13-15(12-6-4-5-7-14(12)18)19-8-9-21(16(13)23-11)17(22)20(2)3/h4-7,10H,8-9H2,1-3H3. The summed E-state index contributed by atoms with van der Waals surface area (Å²) in [4.78, 5) is 21.8. The number of fused-ring (bicyclic) bond motifs is 1. The van der Waals surface area contributed by atoms with E-state index in [1.807, 2.05) is 31.2 Å². The van der Waals surface area contributed by atoms with Crippen molar-refractivity contribution < 1.29 is 4.79 Å². The molecule has 3 rings (SSSR count). The number of anilines is 1. The highest BCUT2D eigenvalue weighted by Crippen LogP contribution is 2.36. The van der Waals surface area contributed by atoms with E-state index in [2.05, 4.69) is 6.07 Å². The maximum atomic E-state index is 12.5. The van der Waals surface area contributed by atoms with Gasteiger partial charge in [-0.15, -0.1) is 11.3 Å². The van der Waals surface area contributed by atoms with Gasteiger partial charge < -0.3 is 4.90 Å². The second kappa shape index (κ2) is 6.34. The third-order valence-electron chi connectivity index (χ3n) is 3.67. The fourth-order valence-electron chi connectivity index (χ4n) is 2.63. The minimum absolute atomic E-state index is 0.0243. The van der Waals surface area contributed by atoms with E-state index in [1.165, 1.54) is 0 Å². The Morgan fingerprint density at radius 1 is 1.30 bits per heavy atom. The summed E-state index contributed by atoms with van der Waals surface area (Å²) in [6.45, 7) is 3.17. The summed E-state index contributed by atoms with van der Waals surface area (Å²) in [6.07, 6.45) is 0. The van der Waals surface area contributed by atoms with Crippen LogP contribution < -0.4 is 4.90 Å². The predicted molar refractivity (Wildman–Crippen MR) is 97.4 cm³/mol. The van der Waals surface area contributed by atoms with Crippen LogP contribution in [0.3, 0.4) is 0 Å². The zero-order valence-corrected chi connectivity index (χ0v) is 14.9. The van der Waals surface area contributed by atoms with Gasteiger partial charge in [0.1, 0.15) is 5.00 Å². The van der Waals surface area contributed by atoms with E-state index in [-0.39, 0.29) is 6.03 Å². The van der Waals surface area contributed by atoms with E-state index in [0.717, 1.165) is 26.7 Å². The highest BCUT2D eigenvalue weighted by Gasteiger charge is 2.27. The Hall–Kier alpha value is -1.85. The average Bonchev–Trinajstić information content (AvgIpc) is 2.81.